The molecule has 0 bridgehead atoms. The zero-order valence-electron chi connectivity index (χ0n) is 8.24. The molecule has 5 nitrogen and oxygen atoms in total. The first-order chi connectivity index (χ1) is 6.07. The van der Waals surface area contributed by atoms with Gasteiger partial charge in [0.2, 0.25) is 0 Å². The molecule has 5 heteroatoms. The van der Waals surface area contributed by atoms with Crippen LogP contribution >= 0.6 is 0 Å². The maximum absolute atomic E-state index is 11.6. The standard InChI is InChI=1S/C8H13N3O2/c1-6-7(5-9-10(6)2)8(12)11(3)13-4/h5H,1-4H3. The second-order valence-corrected chi connectivity index (χ2v) is 2.75. The maximum Gasteiger partial charge on any atom is 0.280 e. The number of carbonyl (C=O) groups is 1. The van der Waals surface area contributed by atoms with Gasteiger partial charge in [0.05, 0.1) is 18.9 Å². The molecule has 72 valence electrons. The molecule has 0 saturated carbocycles. The van der Waals surface area contributed by atoms with E-state index in [4.69, 9.17) is 4.84 Å². The van der Waals surface area contributed by atoms with Crippen molar-refractivity contribution in [2.24, 2.45) is 7.05 Å². The maximum atomic E-state index is 11.6. The second-order valence-electron chi connectivity index (χ2n) is 2.75. The van der Waals surface area contributed by atoms with Crippen LogP contribution in [0, 0.1) is 6.92 Å². The van der Waals surface area contributed by atoms with Gasteiger partial charge in [-0.05, 0) is 6.92 Å². The fourth-order valence-corrected chi connectivity index (χ4v) is 0.961. The molecule has 13 heavy (non-hydrogen) atoms. The van der Waals surface area contributed by atoms with Crippen LogP contribution in [0.15, 0.2) is 6.20 Å². The number of aromatic nitrogens is 2. The zero-order chi connectivity index (χ0) is 10.0. The molecule has 0 aromatic carbocycles. The van der Waals surface area contributed by atoms with Gasteiger partial charge in [-0.15, -0.1) is 0 Å². The van der Waals surface area contributed by atoms with Gasteiger partial charge in [0.15, 0.2) is 0 Å². The van der Waals surface area contributed by atoms with Crippen molar-refractivity contribution in [3.8, 4) is 0 Å². The smallest absolute Gasteiger partial charge is 0.274 e. The minimum Gasteiger partial charge on any atom is -0.274 e. The van der Waals surface area contributed by atoms with Gasteiger partial charge in [-0.2, -0.15) is 5.10 Å². The highest BCUT2D eigenvalue weighted by Crippen LogP contribution is 2.08. The molecule has 0 aliphatic rings. The summed E-state index contributed by atoms with van der Waals surface area (Å²) < 4.78 is 1.65. The summed E-state index contributed by atoms with van der Waals surface area (Å²) in [4.78, 5) is 16.3. The van der Waals surface area contributed by atoms with Gasteiger partial charge in [0.25, 0.3) is 5.91 Å². The first-order valence-corrected chi connectivity index (χ1v) is 3.88. The van der Waals surface area contributed by atoms with Crippen LogP contribution in [-0.4, -0.2) is 34.9 Å². The van der Waals surface area contributed by atoms with E-state index in [0.29, 0.717) is 5.56 Å². The molecule has 1 rings (SSSR count). The fraction of sp³-hybridized carbons (Fsp3) is 0.500. The van der Waals surface area contributed by atoms with Crippen LogP contribution in [0.5, 0.6) is 0 Å². The lowest BCUT2D eigenvalue weighted by atomic mass is 10.2. The Morgan fingerprint density at radius 3 is 2.69 bits per heavy atom. The molecule has 0 saturated heterocycles. The van der Waals surface area contributed by atoms with E-state index in [0.717, 1.165) is 5.69 Å². The predicted molar refractivity (Wildman–Crippen MR) is 47.0 cm³/mol. The van der Waals surface area contributed by atoms with E-state index in [9.17, 15) is 4.79 Å². The number of hydrogen-bond acceptors (Lipinski definition) is 3. The molecular weight excluding hydrogens is 170 g/mol. The second kappa shape index (κ2) is 3.57. The minimum atomic E-state index is -0.187. The Bertz CT molecular complexity index is 319. The van der Waals surface area contributed by atoms with Crippen LogP contribution in [0.2, 0.25) is 0 Å². The van der Waals surface area contributed by atoms with Crippen LogP contribution in [0.4, 0.5) is 0 Å². The van der Waals surface area contributed by atoms with Crippen molar-refractivity contribution < 1.29 is 9.63 Å². The number of rotatable bonds is 2. The van der Waals surface area contributed by atoms with Crippen molar-refractivity contribution in [2.45, 2.75) is 6.92 Å². The molecule has 0 radical (unpaired) electrons. The monoisotopic (exact) mass is 183 g/mol. The van der Waals surface area contributed by atoms with Crippen molar-refractivity contribution in [3.63, 3.8) is 0 Å². The third-order valence-corrected chi connectivity index (χ3v) is 2.03. The highest BCUT2D eigenvalue weighted by atomic mass is 16.7. The molecule has 0 N–H and O–H groups in total. The summed E-state index contributed by atoms with van der Waals surface area (Å²) >= 11 is 0. The van der Waals surface area contributed by atoms with E-state index in [1.165, 1.54) is 18.4 Å². The van der Waals surface area contributed by atoms with Crippen molar-refractivity contribution >= 4 is 5.91 Å². The first-order valence-electron chi connectivity index (χ1n) is 3.88. The average Bonchev–Trinajstić information content (AvgIpc) is 2.45. The summed E-state index contributed by atoms with van der Waals surface area (Å²) in [5, 5.41) is 5.14. The van der Waals surface area contributed by atoms with Gasteiger partial charge >= 0.3 is 0 Å². The molecule has 0 fully saturated rings. The summed E-state index contributed by atoms with van der Waals surface area (Å²) in [6.07, 6.45) is 1.53. The Morgan fingerprint density at radius 1 is 1.69 bits per heavy atom. The van der Waals surface area contributed by atoms with Gasteiger partial charge < -0.3 is 0 Å². The number of aryl methyl sites for hydroxylation is 1. The third kappa shape index (κ3) is 1.70. The Labute approximate surface area is 76.9 Å². The highest BCUT2D eigenvalue weighted by molar-refractivity contribution is 5.94. The molecule has 0 aliphatic heterocycles. The van der Waals surface area contributed by atoms with E-state index in [-0.39, 0.29) is 5.91 Å². The Morgan fingerprint density at radius 2 is 2.31 bits per heavy atom. The summed E-state index contributed by atoms with van der Waals surface area (Å²) in [5.41, 5.74) is 1.39. The van der Waals surface area contributed by atoms with Gasteiger partial charge in [-0.25, -0.2) is 5.06 Å². The number of nitrogens with zero attached hydrogens (tertiary/aromatic N) is 3. The SMILES string of the molecule is CON(C)C(=O)c1cnn(C)c1C. The van der Waals surface area contributed by atoms with Crippen LogP contribution in [0.1, 0.15) is 16.1 Å². The van der Waals surface area contributed by atoms with Crippen molar-refractivity contribution in [1.29, 1.82) is 0 Å². The Kier molecular flexibility index (Phi) is 2.67. The number of amides is 1. The summed E-state index contributed by atoms with van der Waals surface area (Å²) in [7, 11) is 4.80. The topological polar surface area (TPSA) is 47.4 Å². The molecular formula is C8H13N3O2. The normalized spacial score (nSPS) is 10.2. The minimum absolute atomic E-state index is 0.187. The van der Waals surface area contributed by atoms with Gasteiger partial charge in [-0.1, -0.05) is 0 Å². The predicted octanol–water partition coefficient (Wildman–Crippen LogP) is 0.362. The van der Waals surface area contributed by atoms with E-state index in [2.05, 4.69) is 5.10 Å². The molecule has 1 aromatic heterocycles. The van der Waals surface area contributed by atoms with Crippen LogP contribution in [0.3, 0.4) is 0 Å². The molecule has 1 aromatic rings. The first kappa shape index (κ1) is 9.73. The lowest BCUT2D eigenvalue weighted by molar-refractivity contribution is -0.0757. The van der Waals surface area contributed by atoms with Gasteiger partial charge in [-0.3, -0.25) is 14.3 Å². The van der Waals surface area contributed by atoms with E-state index in [1.807, 2.05) is 6.92 Å². The van der Waals surface area contributed by atoms with Crippen molar-refractivity contribution in [1.82, 2.24) is 14.8 Å². The third-order valence-electron chi connectivity index (χ3n) is 2.03. The summed E-state index contributed by atoms with van der Waals surface area (Å²) in [6, 6.07) is 0. The van der Waals surface area contributed by atoms with Crippen molar-refractivity contribution in [3.05, 3.63) is 17.5 Å². The van der Waals surface area contributed by atoms with Gasteiger partial charge in [0, 0.05) is 19.8 Å². The lowest BCUT2D eigenvalue weighted by Crippen LogP contribution is -2.25. The molecule has 0 unspecified atom stereocenters. The van der Waals surface area contributed by atoms with Crippen LogP contribution < -0.4 is 0 Å². The average molecular weight is 183 g/mol. The van der Waals surface area contributed by atoms with Crippen LogP contribution in [0.25, 0.3) is 0 Å². The number of hydroxylamine groups is 2. The van der Waals surface area contributed by atoms with E-state index < -0.39 is 0 Å². The zero-order valence-corrected chi connectivity index (χ0v) is 8.24. The Balaban J connectivity index is 2.95. The summed E-state index contributed by atoms with van der Waals surface area (Å²) in [5.74, 6) is -0.187. The summed E-state index contributed by atoms with van der Waals surface area (Å²) in [6.45, 7) is 1.84. The molecule has 1 heterocycles. The number of hydrogen-bond donors (Lipinski definition) is 0. The fourth-order valence-electron chi connectivity index (χ4n) is 0.961. The molecule has 1 amide bonds. The van der Waals surface area contributed by atoms with E-state index in [1.54, 1.807) is 18.8 Å². The number of carbonyl (C=O) groups excluding carboxylic acids is 1. The Hall–Kier alpha value is -1.36. The molecule has 0 aliphatic carbocycles. The molecule has 0 spiro atoms. The largest absolute Gasteiger partial charge is 0.280 e. The quantitative estimate of drug-likeness (QED) is 0.622. The van der Waals surface area contributed by atoms with E-state index >= 15 is 0 Å². The lowest BCUT2D eigenvalue weighted by Gasteiger charge is -2.12. The molecule has 0 atom stereocenters. The van der Waals surface area contributed by atoms with Gasteiger partial charge in [0.1, 0.15) is 0 Å². The van der Waals surface area contributed by atoms with Crippen LogP contribution in [-0.2, 0) is 11.9 Å². The van der Waals surface area contributed by atoms with Crippen molar-refractivity contribution in [2.75, 3.05) is 14.2 Å². The highest BCUT2D eigenvalue weighted by Gasteiger charge is 2.16.